The fraction of sp³-hybridized carbons (Fsp3) is 1.00. The van der Waals surface area contributed by atoms with E-state index in [4.69, 9.17) is 4.74 Å². The van der Waals surface area contributed by atoms with Gasteiger partial charge >= 0.3 is 0 Å². The van der Waals surface area contributed by atoms with Crippen molar-refractivity contribution in [3.05, 3.63) is 0 Å². The molecule has 90 valence electrons. The molecule has 0 bridgehead atoms. The van der Waals surface area contributed by atoms with Gasteiger partial charge in [-0.25, -0.2) is 0 Å². The number of likely N-dealkylation sites (tertiary alicyclic amines) is 1. The third kappa shape index (κ3) is 3.74. The average Bonchev–Trinajstić information content (AvgIpc) is 2.65. The van der Waals surface area contributed by atoms with Crippen molar-refractivity contribution >= 4 is 0 Å². The minimum absolute atomic E-state index is 0.467. The second kappa shape index (κ2) is 6.46. The molecule has 1 saturated heterocycles. The van der Waals surface area contributed by atoms with Crippen molar-refractivity contribution in [1.29, 1.82) is 0 Å². The van der Waals surface area contributed by atoms with E-state index in [1.54, 1.807) is 7.11 Å². The minimum Gasteiger partial charge on any atom is -0.383 e. The highest BCUT2D eigenvalue weighted by molar-refractivity contribution is 4.84. The molecule has 0 aromatic carbocycles. The lowest BCUT2D eigenvalue weighted by molar-refractivity contribution is 0.126. The Hall–Kier alpha value is -0.120. The average molecular weight is 214 g/mol. The van der Waals surface area contributed by atoms with Gasteiger partial charge in [0.05, 0.1) is 6.61 Å². The van der Waals surface area contributed by atoms with Crippen LogP contribution in [0.25, 0.3) is 0 Å². The monoisotopic (exact) mass is 214 g/mol. The second-order valence-corrected chi connectivity index (χ2v) is 4.89. The summed E-state index contributed by atoms with van der Waals surface area (Å²) >= 11 is 0. The normalized spacial score (nSPS) is 25.0. The SMILES string of the molecule is CNC(COC)CN1CCCC1C(C)C. The third-order valence-corrected chi connectivity index (χ3v) is 3.41. The first kappa shape index (κ1) is 12.9. The molecule has 1 N–H and O–H groups in total. The number of hydrogen-bond donors (Lipinski definition) is 1. The van der Waals surface area contributed by atoms with E-state index in [9.17, 15) is 0 Å². The minimum atomic E-state index is 0.467. The van der Waals surface area contributed by atoms with Crippen LogP contribution in [0, 0.1) is 5.92 Å². The van der Waals surface area contributed by atoms with Gasteiger partial charge in [0.25, 0.3) is 0 Å². The molecule has 3 nitrogen and oxygen atoms in total. The highest BCUT2D eigenvalue weighted by atomic mass is 16.5. The lowest BCUT2D eigenvalue weighted by atomic mass is 10.0. The van der Waals surface area contributed by atoms with Gasteiger partial charge in [0.2, 0.25) is 0 Å². The molecule has 0 aromatic rings. The number of methoxy groups -OCH3 is 1. The number of nitrogens with zero attached hydrogens (tertiary/aromatic N) is 1. The number of ether oxygens (including phenoxy) is 1. The zero-order valence-corrected chi connectivity index (χ0v) is 10.6. The van der Waals surface area contributed by atoms with Gasteiger partial charge < -0.3 is 10.1 Å². The first-order valence-electron chi connectivity index (χ1n) is 6.09. The fourth-order valence-corrected chi connectivity index (χ4v) is 2.55. The molecule has 1 fully saturated rings. The molecule has 1 aliphatic rings. The summed E-state index contributed by atoms with van der Waals surface area (Å²) in [5.41, 5.74) is 0. The van der Waals surface area contributed by atoms with Crippen molar-refractivity contribution in [2.75, 3.05) is 33.9 Å². The van der Waals surface area contributed by atoms with Gasteiger partial charge in [0.1, 0.15) is 0 Å². The Balaban J connectivity index is 2.41. The standard InChI is InChI=1S/C12H26N2O/c1-10(2)12-6-5-7-14(12)8-11(13-3)9-15-4/h10-13H,5-9H2,1-4H3. The fourth-order valence-electron chi connectivity index (χ4n) is 2.55. The molecule has 0 radical (unpaired) electrons. The van der Waals surface area contributed by atoms with Gasteiger partial charge in [-0.2, -0.15) is 0 Å². The molecular weight excluding hydrogens is 188 g/mol. The lowest BCUT2D eigenvalue weighted by Crippen LogP contribution is -2.45. The summed E-state index contributed by atoms with van der Waals surface area (Å²) in [4.78, 5) is 2.62. The Morgan fingerprint density at radius 3 is 2.73 bits per heavy atom. The summed E-state index contributed by atoms with van der Waals surface area (Å²) in [6.45, 7) is 7.83. The van der Waals surface area contributed by atoms with Crippen LogP contribution in [0.2, 0.25) is 0 Å². The molecule has 1 aliphatic heterocycles. The quantitative estimate of drug-likeness (QED) is 0.722. The van der Waals surface area contributed by atoms with Crippen molar-refractivity contribution < 1.29 is 4.74 Å². The van der Waals surface area contributed by atoms with Crippen molar-refractivity contribution in [2.45, 2.75) is 38.8 Å². The number of likely N-dealkylation sites (N-methyl/N-ethyl adjacent to an activating group) is 1. The molecule has 15 heavy (non-hydrogen) atoms. The zero-order valence-electron chi connectivity index (χ0n) is 10.6. The Morgan fingerprint density at radius 2 is 2.20 bits per heavy atom. The molecule has 2 atom stereocenters. The lowest BCUT2D eigenvalue weighted by Gasteiger charge is -2.30. The van der Waals surface area contributed by atoms with Crippen LogP contribution < -0.4 is 5.32 Å². The van der Waals surface area contributed by atoms with E-state index in [-0.39, 0.29) is 0 Å². The Kier molecular flexibility index (Phi) is 5.58. The smallest absolute Gasteiger partial charge is 0.0628 e. The summed E-state index contributed by atoms with van der Waals surface area (Å²) in [6.07, 6.45) is 2.72. The number of hydrogen-bond acceptors (Lipinski definition) is 3. The van der Waals surface area contributed by atoms with Crippen molar-refractivity contribution in [3.8, 4) is 0 Å². The first-order chi connectivity index (χ1) is 7.19. The molecule has 0 aromatic heterocycles. The van der Waals surface area contributed by atoms with Crippen LogP contribution in [0.1, 0.15) is 26.7 Å². The molecule has 0 amide bonds. The van der Waals surface area contributed by atoms with E-state index in [1.807, 2.05) is 7.05 Å². The second-order valence-electron chi connectivity index (χ2n) is 4.89. The van der Waals surface area contributed by atoms with Crippen molar-refractivity contribution in [3.63, 3.8) is 0 Å². The highest BCUT2D eigenvalue weighted by Crippen LogP contribution is 2.23. The summed E-state index contributed by atoms with van der Waals surface area (Å²) in [5.74, 6) is 0.771. The predicted molar refractivity (Wildman–Crippen MR) is 64.2 cm³/mol. The van der Waals surface area contributed by atoms with E-state index in [0.717, 1.165) is 25.1 Å². The third-order valence-electron chi connectivity index (χ3n) is 3.41. The molecular formula is C12H26N2O. The van der Waals surface area contributed by atoms with Crippen molar-refractivity contribution in [2.24, 2.45) is 5.92 Å². The maximum atomic E-state index is 5.21. The summed E-state index contributed by atoms with van der Waals surface area (Å²) in [5, 5.41) is 3.32. The molecule has 0 aliphatic carbocycles. The van der Waals surface area contributed by atoms with Crippen LogP contribution in [0.5, 0.6) is 0 Å². The predicted octanol–water partition coefficient (Wildman–Crippen LogP) is 1.34. The van der Waals surface area contributed by atoms with Crippen LogP contribution in [0.15, 0.2) is 0 Å². The van der Waals surface area contributed by atoms with Gasteiger partial charge in [-0.05, 0) is 32.4 Å². The molecule has 3 heteroatoms. The number of nitrogens with one attached hydrogen (secondary N) is 1. The summed E-state index contributed by atoms with van der Waals surface area (Å²) in [6, 6.07) is 1.24. The van der Waals surface area contributed by atoms with Gasteiger partial charge in [-0.1, -0.05) is 13.8 Å². The Labute approximate surface area is 94.2 Å². The summed E-state index contributed by atoms with van der Waals surface area (Å²) in [7, 11) is 3.79. The van der Waals surface area contributed by atoms with Gasteiger partial charge in [0.15, 0.2) is 0 Å². The molecule has 2 unspecified atom stereocenters. The topological polar surface area (TPSA) is 24.5 Å². The number of rotatable bonds is 6. The van der Waals surface area contributed by atoms with E-state index < -0.39 is 0 Å². The van der Waals surface area contributed by atoms with E-state index >= 15 is 0 Å². The Morgan fingerprint density at radius 1 is 1.47 bits per heavy atom. The van der Waals surface area contributed by atoms with Crippen LogP contribution in [0.3, 0.4) is 0 Å². The van der Waals surface area contributed by atoms with E-state index in [0.29, 0.717) is 6.04 Å². The zero-order chi connectivity index (χ0) is 11.3. The first-order valence-corrected chi connectivity index (χ1v) is 6.09. The molecule has 1 rings (SSSR count). The molecule has 0 saturated carbocycles. The van der Waals surface area contributed by atoms with Crippen LogP contribution in [-0.4, -0.2) is 50.8 Å². The van der Waals surface area contributed by atoms with E-state index in [2.05, 4.69) is 24.1 Å². The van der Waals surface area contributed by atoms with Gasteiger partial charge in [-0.3, -0.25) is 4.90 Å². The van der Waals surface area contributed by atoms with Crippen LogP contribution in [-0.2, 0) is 4.74 Å². The largest absolute Gasteiger partial charge is 0.383 e. The maximum absolute atomic E-state index is 5.21. The van der Waals surface area contributed by atoms with Gasteiger partial charge in [0, 0.05) is 25.7 Å². The Bertz CT molecular complexity index is 173. The molecule has 0 spiro atoms. The summed E-state index contributed by atoms with van der Waals surface area (Å²) < 4.78 is 5.21. The van der Waals surface area contributed by atoms with E-state index in [1.165, 1.54) is 19.4 Å². The maximum Gasteiger partial charge on any atom is 0.0628 e. The van der Waals surface area contributed by atoms with Crippen LogP contribution in [0.4, 0.5) is 0 Å². The molecule has 1 heterocycles. The van der Waals surface area contributed by atoms with Crippen molar-refractivity contribution in [1.82, 2.24) is 10.2 Å². The van der Waals surface area contributed by atoms with Gasteiger partial charge in [-0.15, -0.1) is 0 Å². The highest BCUT2D eigenvalue weighted by Gasteiger charge is 2.28. The van der Waals surface area contributed by atoms with Crippen LogP contribution >= 0.6 is 0 Å².